The molecule has 0 spiro atoms. The number of likely N-dealkylation sites (tertiary alicyclic amines) is 2. The van der Waals surface area contributed by atoms with Gasteiger partial charge in [-0.15, -0.1) is 0 Å². The van der Waals surface area contributed by atoms with Gasteiger partial charge in [0.1, 0.15) is 0 Å². The van der Waals surface area contributed by atoms with E-state index in [1.807, 2.05) is 0 Å². The molecule has 3 fully saturated rings. The number of unbranched alkanes of at least 4 members (excludes halogenated alkanes) is 11. The molecule has 0 amide bonds. The summed E-state index contributed by atoms with van der Waals surface area (Å²) in [7, 11) is 0. The van der Waals surface area contributed by atoms with Gasteiger partial charge in [0.25, 0.3) is 0 Å². The summed E-state index contributed by atoms with van der Waals surface area (Å²) in [5.41, 5.74) is 0. The van der Waals surface area contributed by atoms with Gasteiger partial charge in [-0.2, -0.15) is 0 Å². The molecule has 0 aromatic carbocycles. The summed E-state index contributed by atoms with van der Waals surface area (Å²) >= 11 is 0. The maximum Gasteiger partial charge on any atom is 0.00926 e. The van der Waals surface area contributed by atoms with Crippen molar-refractivity contribution in [1.82, 2.24) is 15.1 Å². The first kappa shape index (κ1) is 35.9. The number of hydrogen-bond donors (Lipinski definition) is 1. The molecular formula is C35H73N3. The zero-order chi connectivity index (χ0) is 27.5. The van der Waals surface area contributed by atoms with Crippen molar-refractivity contribution in [3.63, 3.8) is 0 Å². The molecule has 3 heterocycles. The lowest BCUT2D eigenvalue weighted by Gasteiger charge is -2.26. The van der Waals surface area contributed by atoms with Crippen LogP contribution in [0, 0.1) is 0 Å². The molecule has 228 valence electrons. The lowest BCUT2D eigenvalue weighted by molar-refractivity contribution is 0.219. The number of hydrogen-bond acceptors (Lipinski definition) is 3. The maximum absolute atomic E-state index is 3.22. The third-order valence-corrected chi connectivity index (χ3v) is 9.25. The largest absolute Gasteiger partial charge is 0.317 e. The Hall–Kier alpha value is -0.120. The molecule has 2 unspecified atom stereocenters. The Kier molecular flexibility index (Phi) is 25.6. The summed E-state index contributed by atoms with van der Waals surface area (Å²) in [4.78, 5) is 5.46. The highest BCUT2D eigenvalue weighted by Gasteiger charge is 2.20. The molecule has 0 bridgehead atoms. The molecule has 38 heavy (non-hydrogen) atoms. The third kappa shape index (κ3) is 19.0. The van der Waals surface area contributed by atoms with E-state index in [4.69, 9.17) is 0 Å². The normalized spacial score (nSPS) is 19.6. The number of nitrogens with one attached hydrogen (secondary N) is 1. The summed E-state index contributed by atoms with van der Waals surface area (Å²) in [5.74, 6) is 0. The Morgan fingerprint density at radius 1 is 0.447 bits per heavy atom. The fourth-order valence-electron chi connectivity index (χ4n) is 6.63. The van der Waals surface area contributed by atoms with Gasteiger partial charge in [0.05, 0.1) is 0 Å². The van der Waals surface area contributed by atoms with Gasteiger partial charge in [-0.3, -0.25) is 0 Å². The van der Waals surface area contributed by atoms with Crippen molar-refractivity contribution >= 4 is 0 Å². The highest BCUT2D eigenvalue weighted by atomic mass is 15.2. The van der Waals surface area contributed by atoms with E-state index in [1.54, 1.807) is 0 Å². The fraction of sp³-hybridized carbons (Fsp3) is 1.00. The van der Waals surface area contributed by atoms with Crippen LogP contribution in [0.5, 0.6) is 0 Å². The van der Waals surface area contributed by atoms with E-state index in [0.717, 1.165) is 12.1 Å². The van der Waals surface area contributed by atoms with E-state index in [1.165, 1.54) is 187 Å². The minimum Gasteiger partial charge on any atom is -0.317 e. The number of nitrogens with zero attached hydrogens (tertiary/aromatic N) is 2. The standard InChI is InChI=1S/C16H33N.C15H31N.C4H9N/c1-3-5-6-7-8-9-10-13-16(4-2)17-14-11-12-15-17;1-3-5-6-7-8-9-12-15(4-2)16-13-10-11-14-16;1-2-4-5-3-1/h16H,3-15H2,1-2H3;15H,3-14H2,1-2H3;5H,1-4H2. The first-order chi connectivity index (χ1) is 18.8. The van der Waals surface area contributed by atoms with Crippen LogP contribution in [0.2, 0.25) is 0 Å². The van der Waals surface area contributed by atoms with E-state index in [0.29, 0.717) is 0 Å². The van der Waals surface area contributed by atoms with E-state index >= 15 is 0 Å². The van der Waals surface area contributed by atoms with Crippen LogP contribution in [0.1, 0.15) is 175 Å². The Bertz CT molecular complexity index is 444. The van der Waals surface area contributed by atoms with Crippen LogP contribution >= 0.6 is 0 Å². The quantitative estimate of drug-likeness (QED) is 0.166. The molecule has 3 aliphatic rings. The molecule has 0 radical (unpaired) electrons. The zero-order valence-electron chi connectivity index (χ0n) is 27.1. The van der Waals surface area contributed by atoms with Crippen LogP contribution in [0.3, 0.4) is 0 Å². The second-order valence-corrected chi connectivity index (χ2v) is 12.5. The van der Waals surface area contributed by atoms with Crippen LogP contribution in [-0.4, -0.2) is 61.2 Å². The zero-order valence-corrected chi connectivity index (χ0v) is 27.1. The van der Waals surface area contributed by atoms with Gasteiger partial charge in [0.2, 0.25) is 0 Å². The highest BCUT2D eigenvalue weighted by molar-refractivity contribution is 4.76. The van der Waals surface area contributed by atoms with Crippen molar-refractivity contribution in [2.45, 2.75) is 187 Å². The van der Waals surface area contributed by atoms with Crippen LogP contribution in [0.25, 0.3) is 0 Å². The summed E-state index contributed by atoms with van der Waals surface area (Å²) in [5, 5.41) is 3.22. The van der Waals surface area contributed by atoms with E-state index < -0.39 is 0 Å². The SMILES string of the molecule is C1CCNC1.CCCCCCCCC(CC)N1CCCC1.CCCCCCCCCC(CC)N1CCCC1. The van der Waals surface area contributed by atoms with Gasteiger partial charge in [-0.05, 0) is 103 Å². The van der Waals surface area contributed by atoms with Crippen molar-refractivity contribution in [3.8, 4) is 0 Å². The highest BCUT2D eigenvalue weighted by Crippen LogP contribution is 2.20. The van der Waals surface area contributed by atoms with Crippen LogP contribution in [-0.2, 0) is 0 Å². The molecule has 0 aliphatic carbocycles. The topological polar surface area (TPSA) is 18.5 Å². The second-order valence-electron chi connectivity index (χ2n) is 12.5. The lowest BCUT2D eigenvalue weighted by Crippen LogP contribution is -2.31. The third-order valence-electron chi connectivity index (χ3n) is 9.25. The Balaban J connectivity index is 0.000000321. The van der Waals surface area contributed by atoms with Gasteiger partial charge in [-0.25, -0.2) is 0 Å². The first-order valence-electron chi connectivity index (χ1n) is 17.9. The Labute approximate surface area is 241 Å². The molecule has 2 atom stereocenters. The molecule has 1 N–H and O–H groups in total. The smallest absolute Gasteiger partial charge is 0.00926 e. The average molecular weight is 536 g/mol. The molecule has 0 aromatic rings. The molecule has 0 saturated carbocycles. The second kappa shape index (κ2) is 27.1. The monoisotopic (exact) mass is 536 g/mol. The fourth-order valence-corrected chi connectivity index (χ4v) is 6.63. The van der Waals surface area contributed by atoms with Crippen molar-refractivity contribution in [3.05, 3.63) is 0 Å². The Morgan fingerprint density at radius 2 is 0.789 bits per heavy atom. The Morgan fingerprint density at radius 3 is 1.08 bits per heavy atom. The number of rotatable bonds is 19. The van der Waals surface area contributed by atoms with Crippen LogP contribution < -0.4 is 5.32 Å². The molecule has 0 aromatic heterocycles. The first-order valence-corrected chi connectivity index (χ1v) is 17.9. The molecule has 3 aliphatic heterocycles. The maximum atomic E-state index is 3.22. The van der Waals surface area contributed by atoms with Gasteiger partial charge in [0.15, 0.2) is 0 Å². The van der Waals surface area contributed by atoms with Gasteiger partial charge in [-0.1, -0.05) is 111 Å². The summed E-state index contributed by atoms with van der Waals surface area (Å²) in [6.07, 6.45) is 32.9. The van der Waals surface area contributed by atoms with Crippen molar-refractivity contribution in [1.29, 1.82) is 0 Å². The van der Waals surface area contributed by atoms with E-state index in [9.17, 15) is 0 Å². The molecular weight excluding hydrogens is 462 g/mol. The minimum absolute atomic E-state index is 0.896. The van der Waals surface area contributed by atoms with E-state index in [-0.39, 0.29) is 0 Å². The molecule has 3 rings (SSSR count). The predicted molar refractivity (Wildman–Crippen MR) is 172 cm³/mol. The average Bonchev–Trinajstić information content (AvgIpc) is 3.75. The predicted octanol–water partition coefficient (Wildman–Crippen LogP) is 9.98. The molecule has 3 saturated heterocycles. The van der Waals surface area contributed by atoms with Crippen molar-refractivity contribution in [2.24, 2.45) is 0 Å². The summed E-state index contributed by atoms with van der Waals surface area (Å²) in [6, 6.07) is 1.79. The summed E-state index contributed by atoms with van der Waals surface area (Å²) in [6.45, 7) is 17.3. The molecule has 3 nitrogen and oxygen atoms in total. The van der Waals surface area contributed by atoms with Crippen LogP contribution in [0.15, 0.2) is 0 Å². The lowest BCUT2D eigenvalue weighted by atomic mass is 10.0. The van der Waals surface area contributed by atoms with E-state index in [2.05, 4.69) is 42.8 Å². The van der Waals surface area contributed by atoms with Gasteiger partial charge < -0.3 is 15.1 Å². The van der Waals surface area contributed by atoms with Gasteiger partial charge in [0, 0.05) is 12.1 Å². The summed E-state index contributed by atoms with van der Waals surface area (Å²) < 4.78 is 0. The van der Waals surface area contributed by atoms with Crippen molar-refractivity contribution in [2.75, 3.05) is 39.3 Å². The van der Waals surface area contributed by atoms with Gasteiger partial charge >= 0.3 is 0 Å². The minimum atomic E-state index is 0.896. The van der Waals surface area contributed by atoms with Crippen molar-refractivity contribution < 1.29 is 0 Å². The van der Waals surface area contributed by atoms with Crippen LogP contribution in [0.4, 0.5) is 0 Å². The molecule has 3 heteroatoms.